The highest BCUT2D eigenvalue weighted by Crippen LogP contribution is 2.28. The van der Waals surface area contributed by atoms with Crippen molar-refractivity contribution in [3.63, 3.8) is 0 Å². The Morgan fingerprint density at radius 1 is 1.19 bits per heavy atom. The number of amides is 1. The predicted octanol–water partition coefficient (Wildman–Crippen LogP) is 3.77. The van der Waals surface area contributed by atoms with E-state index in [1.807, 2.05) is 0 Å². The molecule has 1 aromatic carbocycles. The maximum absolute atomic E-state index is 13.4. The number of rotatable bonds is 4. The van der Waals surface area contributed by atoms with Crippen LogP contribution in [-0.2, 0) is 0 Å². The predicted molar refractivity (Wildman–Crippen MR) is 97.4 cm³/mol. The first-order valence-electron chi connectivity index (χ1n) is 7.81. The Bertz CT molecular complexity index is 1160. The molecule has 2 N–H and O–H groups in total. The molecule has 0 unspecified atom stereocenters. The number of carbonyl (C=O) groups excluding carboxylic acids is 1. The topological polar surface area (TPSA) is 84.2 Å². The number of benzene rings is 1. The van der Waals surface area contributed by atoms with E-state index in [-0.39, 0.29) is 5.69 Å². The zero-order valence-corrected chi connectivity index (χ0v) is 14.7. The fourth-order valence-corrected chi connectivity index (χ4v) is 3.29. The molecule has 1 amide bonds. The van der Waals surface area contributed by atoms with Gasteiger partial charge in [0.15, 0.2) is 17.3 Å². The molecule has 0 saturated heterocycles. The van der Waals surface area contributed by atoms with Crippen LogP contribution in [-0.4, -0.2) is 24.9 Å². The molecule has 10 heteroatoms. The van der Waals surface area contributed by atoms with Crippen LogP contribution in [0.1, 0.15) is 16.1 Å². The summed E-state index contributed by atoms with van der Waals surface area (Å²) in [7, 11) is 0. The summed E-state index contributed by atoms with van der Waals surface area (Å²) in [6, 6.07) is 6.62. The summed E-state index contributed by atoms with van der Waals surface area (Å²) in [5, 5.41) is 10.2. The monoisotopic (exact) mass is 386 g/mol. The molecule has 0 saturated carbocycles. The summed E-state index contributed by atoms with van der Waals surface area (Å²) < 4.78 is 32.2. The molecule has 27 heavy (non-hydrogen) atoms. The van der Waals surface area contributed by atoms with Crippen molar-refractivity contribution in [1.82, 2.24) is 19.0 Å². The summed E-state index contributed by atoms with van der Waals surface area (Å²) in [6.07, 6.45) is 3.36. The molecule has 0 bridgehead atoms. The molecular weight excluding hydrogens is 374 g/mol. The summed E-state index contributed by atoms with van der Waals surface area (Å²) in [4.78, 5) is 17.0. The van der Waals surface area contributed by atoms with Crippen LogP contribution in [0.25, 0.3) is 5.65 Å². The van der Waals surface area contributed by atoms with Crippen molar-refractivity contribution in [1.29, 1.82) is 0 Å². The smallest absolute Gasteiger partial charge is 0.260 e. The maximum atomic E-state index is 13.4. The van der Waals surface area contributed by atoms with Crippen LogP contribution >= 0.6 is 11.5 Å². The number of anilines is 3. The van der Waals surface area contributed by atoms with E-state index < -0.39 is 17.5 Å². The van der Waals surface area contributed by atoms with E-state index in [0.717, 1.165) is 23.7 Å². The number of fused-ring (bicyclic) bond motifs is 1. The Hall–Kier alpha value is -3.40. The van der Waals surface area contributed by atoms with Crippen molar-refractivity contribution < 1.29 is 13.6 Å². The minimum absolute atomic E-state index is 0.147. The Balaban J connectivity index is 1.60. The third kappa shape index (κ3) is 3.34. The highest BCUT2D eigenvalue weighted by atomic mass is 32.1. The molecular formula is C17H12F2N6OS. The van der Waals surface area contributed by atoms with Crippen molar-refractivity contribution >= 4 is 39.6 Å². The van der Waals surface area contributed by atoms with Crippen molar-refractivity contribution in [3.8, 4) is 0 Å². The van der Waals surface area contributed by atoms with Gasteiger partial charge in [0.1, 0.15) is 10.8 Å². The van der Waals surface area contributed by atoms with Gasteiger partial charge in [-0.25, -0.2) is 18.3 Å². The van der Waals surface area contributed by atoms with Gasteiger partial charge < -0.3 is 10.6 Å². The fraction of sp³-hybridized carbons (Fsp3) is 0.0588. The van der Waals surface area contributed by atoms with Crippen LogP contribution in [0.2, 0.25) is 0 Å². The minimum Gasteiger partial charge on any atom is -0.330 e. The molecule has 4 aromatic rings. The van der Waals surface area contributed by atoms with Crippen LogP contribution < -0.4 is 10.6 Å². The van der Waals surface area contributed by atoms with E-state index in [1.165, 1.54) is 6.07 Å². The van der Waals surface area contributed by atoms with E-state index in [9.17, 15) is 13.6 Å². The number of hydrogen-bond acceptors (Lipinski definition) is 6. The molecule has 0 fully saturated rings. The number of hydrogen-bond donors (Lipinski definition) is 2. The lowest BCUT2D eigenvalue weighted by Crippen LogP contribution is -2.14. The van der Waals surface area contributed by atoms with Gasteiger partial charge in [0, 0.05) is 24.0 Å². The number of carbonyl (C=O) groups is 1. The average molecular weight is 386 g/mol. The van der Waals surface area contributed by atoms with Gasteiger partial charge in [-0.2, -0.15) is 9.47 Å². The zero-order valence-electron chi connectivity index (χ0n) is 13.9. The van der Waals surface area contributed by atoms with Gasteiger partial charge >= 0.3 is 0 Å². The number of nitrogens with one attached hydrogen (secondary N) is 2. The van der Waals surface area contributed by atoms with Crippen LogP contribution in [0.15, 0.2) is 42.7 Å². The van der Waals surface area contributed by atoms with Gasteiger partial charge in [0.05, 0.1) is 17.5 Å². The SMILES string of the molecule is Cc1nsc(Nc2ccn3nccc3n2)c1C(=O)Nc1ccc(F)c(F)c1. The van der Waals surface area contributed by atoms with Crippen LogP contribution in [0.4, 0.5) is 25.3 Å². The van der Waals surface area contributed by atoms with Crippen molar-refractivity contribution in [2.24, 2.45) is 0 Å². The second-order valence-corrected chi connectivity index (χ2v) is 6.40. The Labute approximate surface area is 155 Å². The van der Waals surface area contributed by atoms with E-state index in [2.05, 4.69) is 25.1 Å². The largest absolute Gasteiger partial charge is 0.330 e. The second-order valence-electron chi connectivity index (χ2n) is 5.63. The molecule has 4 rings (SSSR count). The Morgan fingerprint density at radius 2 is 2.04 bits per heavy atom. The van der Waals surface area contributed by atoms with Gasteiger partial charge in [-0.15, -0.1) is 0 Å². The van der Waals surface area contributed by atoms with Crippen LogP contribution in [0.5, 0.6) is 0 Å². The lowest BCUT2D eigenvalue weighted by Gasteiger charge is -2.08. The van der Waals surface area contributed by atoms with Crippen molar-refractivity contribution in [2.75, 3.05) is 10.6 Å². The zero-order chi connectivity index (χ0) is 19.0. The minimum atomic E-state index is -1.04. The highest BCUT2D eigenvalue weighted by Gasteiger charge is 2.20. The average Bonchev–Trinajstić information content (AvgIpc) is 3.24. The summed E-state index contributed by atoms with van der Waals surface area (Å²) in [5.74, 6) is -1.98. The standard InChI is InChI=1S/C17H12F2N6OS/c1-9-15(16(26)21-10-2-3-11(18)12(19)8-10)17(27-24-9)23-13-5-7-25-14(22-13)4-6-20-25/h2-8H,1H3,(H,21,26)(H,22,23). The van der Waals surface area contributed by atoms with Gasteiger partial charge in [-0.3, -0.25) is 4.79 Å². The van der Waals surface area contributed by atoms with E-state index in [4.69, 9.17) is 0 Å². The molecule has 3 aromatic heterocycles. The number of aromatic nitrogens is 4. The molecule has 136 valence electrons. The van der Waals surface area contributed by atoms with Gasteiger partial charge in [-0.1, -0.05) is 0 Å². The third-order valence-electron chi connectivity index (χ3n) is 3.77. The molecule has 7 nitrogen and oxygen atoms in total. The third-order valence-corrected chi connectivity index (χ3v) is 4.62. The molecule has 0 aliphatic carbocycles. The van der Waals surface area contributed by atoms with E-state index >= 15 is 0 Å². The molecule has 0 radical (unpaired) electrons. The summed E-state index contributed by atoms with van der Waals surface area (Å²) in [6.45, 7) is 1.69. The first kappa shape index (κ1) is 17.0. The number of aryl methyl sites for hydroxylation is 1. The lowest BCUT2D eigenvalue weighted by molar-refractivity contribution is 0.102. The van der Waals surface area contributed by atoms with E-state index in [1.54, 1.807) is 36.0 Å². The van der Waals surface area contributed by atoms with Gasteiger partial charge in [-0.05, 0) is 36.7 Å². The van der Waals surface area contributed by atoms with Gasteiger partial charge in [0.2, 0.25) is 0 Å². The van der Waals surface area contributed by atoms with Crippen LogP contribution in [0.3, 0.4) is 0 Å². The Morgan fingerprint density at radius 3 is 2.85 bits per heavy atom. The summed E-state index contributed by atoms with van der Waals surface area (Å²) in [5.41, 5.74) is 1.61. The first-order chi connectivity index (χ1) is 13.0. The van der Waals surface area contributed by atoms with Crippen LogP contribution in [0, 0.1) is 18.6 Å². The fourth-order valence-electron chi connectivity index (χ4n) is 2.49. The molecule has 3 heterocycles. The molecule has 0 aliphatic rings. The highest BCUT2D eigenvalue weighted by molar-refractivity contribution is 7.10. The Kier molecular flexibility index (Phi) is 4.24. The molecule has 0 aliphatic heterocycles. The molecule has 0 atom stereocenters. The lowest BCUT2D eigenvalue weighted by atomic mass is 10.2. The van der Waals surface area contributed by atoms with Crippen molar-refractivity contribution in [2.45, 2.75) is 6.92 Å². The summed E-state index contributed by atoms with van der Waals surface area (Å²) >= 11 is 1.10. The maximum Gasteiger partial charge on any atom is 0.260 e. The van der Waals surface area contributed by atoms with Crippen molar-refractivity contribution in [3.05, 3.63) is 65.6 Å². The quantitative estimate of drug-likeness (QED) is 0.558. The normalized spacial score (nSPS) is 10.9. The molecule has 0 spiro atoms. The number of halogens is 2. The number of nitrogens with zero attached hydrogens (tertiary/aromatic N) is 4. The second kappa shape index (κ2) is 6.72. The van der Waals surface area contributed by atoms with E-state index in [0.29, 0.717) is 27.7 Å². The van der Waals surface area contributed by atoms with Gasteiger partial charge in [0.25, 0.3) is 5.91 Å². The first-order valence-corrected chi connectivity index (χ1v) is 8.59.